The van der Waals surface area contributed by atoms with Gasteiger partial charge in [-0.1, -0.05) is 84.0 Å². The topological polar surface area (TPSA) is 101 Å². The SMILES string of the molecule is CCCCCCCCCCCCCCC(CC(=O)[O-])C(=O)N(CCO)CCO.[Na+]. The Bertz CT molecular complexity index is 389. The van der Waals surface area contributed by atoms with E-state index in [-0.39, 0.29) is 68.2 Å². The van der Waals surface area contributed by atoms with E-state index in [0.29, 0.717) is 6.42 Å². The normalized spacial score (nSPS) is 11.7. The number of hydrogen-bond acceptors (Lipinski definition) is 5. The molecule has 0 aliphatic heterocycles. The fourth-order valence-electron chi connectivity index (χ4n) is 3.58. The van der Waals surface area contributed by atoms with Crippen molar-refractivity contribution in [1.82, 2.24) is 4.90 Å². The molecule has 0 aromatic carbocycles. The minimum Gasteiger partial charge on any atom is -0.550 e. The van der Waals surface area contributed by atoms with Gasteiger partial charge in [-0.3, -0.25) is 4.79 Å². The van der Waals surface area contributed by atoms with E-state index >= 15 is 0 Å². The largest absolute Gasteiger partial charge is 1.00 e. The zero-order valence-corrected chi connectivity index (χ0v) is 20.9. The predicted molar refractivity (Wildman–Crippen MR) is 110 cm³/mol. The van der Waals surface area contributed by atoms with Crippen LogP contribution < -0.4 is 34.7 Å². The van der Waals surface area contributed by atoms with Crippen LogP contribution in [0, 0.1) is 5.92 Å². The summed E-state index contributed by atoms with van der Waals surface area (Å²) in [4.78, 5) is 24.8. The Morgan fingerprint density at radius 3 is 1.59 bits per heavy atom. The van der Waals surface area contributed by atoms with Gasteiger partial charge in [-0.25, -0.2) is 0 Å². The molecule has 0 radical (unpaired) electrons. The molecule has 0 aliphatic rings. The Balaban J connectivity index is 0. The average molecular weight is 424 g/mol. The zero-order valence-electron chi connectivity index (χ0n) is 18.9. The maximum atomic E-state index is 12.5. The maximum Gasteiger partial charge on any atom is 1.00 e. The predicted octanol–water partition coefficient (Wildman–Crippen LogP) is -0.349. The van der Waals surface area contributed by atoms with Crippen LogP contribution >= 0.6 is 0 Å². The molecule has 0 bridgehead atoms. The van der Waals surface area contributed by atoms with Crippen LogP contribution in [0.1, 0.15) is 96.8 Å². The summed E-state index contributed by atoms with van der Waals surface area (Å²) in [6, 6.07) is 0. The van der Waals surface area contributed by atoms with E-state index in [4.69, 9.17) is 10.2 Å². The number of carboxylic acids is 1. The zero-order chi connectivity index (χ0) is 21.0. The van der Waals surface area contributed by atoms with E-state index in [0.717, 1.165) is 19.3 Å². The molecule has 6 nitrogen and oxygen atoms in total. The monoisotopic (exact) mass is 423 g/mol. The van der Waals surface area contributed by atoms with Crippen molar-refractivity contribution in [3.63, 3.8) is 0 Å². The van der Waals surface area contributed by atoms with E-state index in [9.17, 15) is 14.7 Å². The Hall–Kier alpha value is -0.140. The molecule has 166 valence electrons. The summed E-state index contributed by atoms with van der Waals surface area (Å²) in [6.07, 6.45) is 14.8. The number of aliphatic carboxylic acids is 1. The second-order valence-electron chi connectivity index (χ2n) is 7.72. The van der Waals surface area contributed by atoms with E-state index in [1.54, 1.807) is 0 Å². The second-order valence-corrected chi connectivity index (χ2v) is 7.72. The maximum absolute atomic E-state index is 12.5. The van der Waals surface area contributed by atoms with Crippen molar-refractivity contribution in [2.75, 3.05) is 26.3 Å². The summed E-state index contributed by atoms with van der Waals surface area (Å²) < 4.78 is 0. The molecular formula is C22H42NNaO5. The van der Waals surface area contributed by atoms with E-state index in [1.807, 2.05) is 0 Å². The number of carbonyl (C=O) groups excluding carboxylic acids is 2. The quantitative estimate of drug-likeness (QED) is 0.206. The van der Waals surface area contributed by atoms with Crippen molar-refractivity contribution in [2.45, 2.75) is 96.8 Å². The van der Waals surface area contributed by atoms with Gasteiger partial charge in [-0.2, -0.15) is 0 Å². The summed E-state index contributed by atoms with van der Waals surface area (Å²) in [5.41, 5.74) is 0. The molecule has 0 rings (SSSR count). The molecular weight excluding hydrogens is 381 g/mol. The molecule has 0 saturated heterocycles. The summed E-state index contributed by atoms with van der Waals surface area (Å²) >= 11 is 0. The van der Waals surface area contributed by atoms with Crippen LogP contribution in [0.25, 0.3) is 0 Å². The number of unbranched alkanes of at least 4 members (excludes halogenated alkanes) is 11. The van der Waals surface area contributed by atoms with Gasteiger partial charge >= 0.3 is 29.6 Å². The first kappa shape index (κ1) is 31.0. The standard InChI is InChI=1S/C22H43NO5.Na/c1-2-3-4-5-6-7-8-9-10-11-12-13-14-20(19-21(26)27)22(28)23(15-17-24)16-18-25;/h20,24-25H,2-19H2,1H3,(H,26,27);/q;+1/p-1. The fraction of sp³-hybridized carbons (Fsp3) is 0.909. The minimum absolute atomic E-state index is 0. The Morgan fingerprint density at radius 2 is 1.21 bits per heavy atom. The van der Waals surface area contributed by atoms with Crippen molar-refractivity contribution < 1.29 is 54.5 Å². The molecule has 1 atom stereocenters. The molecule has 0 aromatic rings. The van der Waals surface area contributed by atoms with Gasteiger partial charge in [0.15, 0.2) is 0 Å². The number of hydrogen-bond donors (Lipinski definition) is 2. The third-order valence-corrected chi connectivity index (χ3v) is 5.22. The van der Waals surface area contributed by atoms with Gasteiger partial charge in [0.1, 0.15) is 0 Å². The van der Waals surface area contributed by atoms with E-state index in [1.165, 1.54) is 62.7 Å². The first-order valence-electron chi connectivity index (χ1n) is 11.3. The number of nitrogens with zero attached hydrogens (tertiary/aromatic N) is 1. The molecule has 1 amide bonds. The summed E-state index contributed by atoms with van der Waals surface area (Å²) in [7, 11) is 0. The van der Waals surface area contributed by atoms with Crippen LogP contribution in [-0.4, -0.2) is 53.3 Å². The first-order valence-corrected chi connectivity index (χ1v) is 11.3. The Labute approximate surface area is 199 Å². The number of amides is 1. The van der Waals surface area contributed by atoms with Gasteiger partial charge in [0, 0.05) is 25.0 Å². The van der Waals surface area contributed by atoms with Crippen LogP contribution in [-0.2, 0) is 9.59 Å². The summed E-state index contributed by atoms with van der Waals surface area (Å²) in [5, 5.41) is 29.1. The van der Waals surface area contributed by atoms with Crippen LogP contribution in [0.3, 0.4) is 0 Å². The molecule has 0 spiro atoms. The van der Waals surface area contributed by atoms with Crippen LogP contribution in [0.5, 0.6) is 0 Å². The number of aliphatic hydroxyl groups is 2. The van der Waals surface area contributed by atoms with Crippen LogP contribution in [0.2, 0.25) is 0 Å². The first-order chi connectivity index (χ1) is 13.6. The molecule has 0 fully saturated rings. The van der Waals surface area contributed by atoms with Gasteiger partial charge in [0.25, 0.3) is 0 Å². The molecule has 2 N–H and O–H groups in total. The van der Waals surface area contributed by atoms with Crippen molar-refractivity contribution >= 4 is 11.9 Å². The molecule has 1 unspecified atom stereocenters. The number of carboxylic acid groups (broad SMARTS) is 1. The third kappa shape index (κ3) is 18.4. The average Bonchev–Trinajstić information content (AvgIpc) is 2.67. The smallest absolute Gasteiger partial charge is 0.550 e. The van der Waals surface area contributed by atoms with E-state index in [2.05, 4.69) is 6.92 Å². The number of carbonyl (C=O) groups is 2. The van der Waals surface area contributed by atoms with Crippen molar-refractivity contribution in [3.05, 3.63) is 0 Å². The second kappa shape index (κ2) is 22.5. The van der Waals surface area contributed by atoms with Crippen LogP contribution in [0.4, 0.5) is 0 Å². The molecule has 0 aliphatic carbocycles. The summed E-state index contributed by atoms with van der Waals surface area (Å²) in [6.45, 7) is 2.05. The molecule has 0 aromatic heterocycles. The fourth-order valence-corrected chi connectivity index (χ4v) is 3.58. The third-order valence-electron chi connectivity index (χ3n) is 5.22. The van der Waals surface area contributed by atoms with Gasteiger partial charge in [-0.15, -0.1) is 0 Å². The van der Waals surface area contributed by atoms with Crippen LogP contribution in [0.15, 0.2) is 0 Å². The van der Waals surface area contributed by atoms with E-state index < -0.39 is 11.9 Å². The molecule has 0 heterocycles. The van der Waals surface area contributed by atoms with Crippen molar-refractivity contribution in [3.8, 4) is 0 Å². The van der Waals surface area contributed by atoms with Gasteiger partial charge in [-0.05, 0) is 12.8 Å². The summed E-state index contributed by atoms with van der Waals surface area (Å²) in [5.74, 6) is -2.17. The minimum atomic E-state index is -1.23. The van der Waals surface area contributed by atoms with Gasteiger partial charge in [0.2, 0.25) is 5.91 Å². The van der Waals surface area contributed by atoms with Crippen molar-refractivity contribution in [1.29, 1.82) is 0 Å². The van der Waals surface area contributed by atoms with Crippen molar-refractivity contribution in [2.24, 2.45) is 5.92 Å². The van der Waals surface area contributed by atoms with Gasteiger partial charge < -0.3 is 25.0 Å². The molecule has 29 heavy (non-hydrogen) atoms. The number of aliphatic hydroxyl groups excluding tert-OH is 2. The Morgan fingerprint density at radius 1 is 0.793 bits per heavy atom. The Kier molecular flexibility index (Phi) is 24.1. The molecule has 7 heteroatoms. The number of rotatable bonds is 20. The van der Waals surface area contributed by atoms with Gasteiger partial charge in [0.05, 0.1) is 13.2 Å². The molecule has 0 saturated carbocycles.